The van der Waals surface area contributed by atoms with Gasteiger partial charge in [-0.15, -0.1) is 0 Å². The fraction of sp³-hybridized carbons (Fsp3) is 0.250. The quantitative estimate of drug-likeness (QED) is 0.407. The summed E-state index contributed by atoms with van der Waals surface area (Å²) in [4.78, 5) is 26.9. The van der Waals surface area contributed by atoms with Crippen molar-refractivity contribution in [3.8, 4) is 11.4 Å². The zero-order chi connectivity index (χ0) is 24.0. The lowest BCUT2D eigenvalue weighted by atomic mass is 10.1. The van der Waals surface area contributed by atoms with Gasteiger partial charge in [0.2, 0.25) is 0 Å². The van der Waals surface area contributed by atoms with E-state index in [1.54, 1.807) is 6.20 Å². The van der Waals surface area contributed by atoms with Crippen LogP contribution in [0.2, 0.25) is 0 Å². The van der Waals surface area contributed by atoms with Crippen molar-refractivity contribution < 1.29 is 9.18 Å². The monoisotopic (exact) mass is 469 g/mol. The molecule has 0 bridgehead atoms. The van der Waals surface area contributed by atoms with Crippen molar-refractivity contribution in [2.24, 2.45) is 0 Å². The molecule has 1 saturated heterocycles. The van der Waals surface area contributed by atoms with Gasteiger partial charge in [0.1, 0.15) is 5.82 Å². The molecule has 35 heavy (non-hydrogen) atoms. The molecule has 0 unspecified atom stereocenters. The van der Waals surface area contributed by atoms with Crippen LogP contribution in [0.25, 0.3) is 22.3 Å². The number of nitrogens with zero attached hydrogens (tertiary/aromatic N) is 4. The number of halogens is 1. The number of hydrogen-bond acceptors (Lipinski definition) is 5. The summed E-state index contributed by atoms with van der Waals surface area (Å²) < 4.78 is 13.2. The second kappa shape index (κ2) is 10.6. The van der Waals surface area contributed by atoms with Gasteiger partial charge in [0.25, 0.3) is 5.91 Å². The van der Waals surface area contributed by atoms with Crippen molar-refractivity contribution in [2.75, 3.05) is 44.2 Å². The van der Waals surface area contributed by atoms with Gasteiger partial charge in [-0.3, -0.25) is 14.7 Å². The molecule has 2 aromatic heterocycles. The van der Waals surface area contributed by atoms with Crippen molar-refractivity contribution in [1.82, 2.24) is 20.2 Å². The van der Waals surface area contributed by atoms with E-state index in [0.29, 0.717) is 17.8 Å². The highest BCUT2D eigenvalue weighted by atomic mass is 19.1. The zero-order valence-corrected chi connectivity index (χ0v) is 19.5. The lowest BCUT2D eigenvalue weighted by Gasteiger charge is -2.36. The third kappa shape index (κ3) is 5.46. The lowest BCUT2D eigenvalue weighted by molar-refractivity contribution is 0.0953. The van der Waals surface area contributed by atoms with E-state index >= 15 is 0 Å². The Bertz CT molecular complexity index is 1290. The van der Waals surface area contributed by atoms with Crippen LogP contribution in [-0.4, -0.2) is 60.0 Å². The largest absolute Gasteiger partial charge is 0.369 e. The minimum Gasteiger partial charge on any atom is -0.369 e. The highest BCUT2D eigenvalue weighted by Gasteiger charge is 2.18. The van der Waals surface area contributed by atoms with Gasteiger partial charge in [-0.2, -0.15) is 0 Å². The van der Waals surface area contributed by atoms with E-state index in [0.717, 1.165) is 61.4 Å². The summed E-state index contributed by atoms with van der Waals surface area (Å²) in [6.45, 7) is 5.26. The maximum atomic E-state index is 13.2. The average molecular weight is 470 g/mol. The van der Waals surface area contributed by atoms with Gasteiger partial charge < -0.3 is 10.2 Å². The fourth-order valence-electron chi connectivity index (χ4n) is 4.49. The molecule has 7 heteroatoms. The van der Waals surface area contributed by atoms with Crippen molar-refractivity contribution in [2.45, 2.75) is 6.42 Å². The Morgan fingerprint density at radius 2 is 1.69 bits per heavy atom. The van der Waals surface area contributed by atoms with Crippen LogP contribution in [0.3, 0.4) is 0 Å². The predicted molar refractivity (Wildman–Crippen MR) is 137 cm³/mol. The number of fused-ring (bicyclic) bond motifs is 1. The molecule has 1 fully saturated rings. The highest BCUT2D eigenvalue weighted by molar-refractivity contribution is 6.07. The molecule has 0 aliphatic carbocycles. The van der Waals surface area contributed by atoms with Crippen LogP contribution in [0.4, 0.5) is 10.1 Å². The third-order valence-electron chi connectivity index (χ3n) is 6.39. The van der Waals surface area contributed by atoms with E-state index in [1.807, 2.05) is 60.7 Å². The van der Waals surface area contributed by atoms with Gasteiger partial charge in [0, 0.05) is 50.0 Å². The van der Waals surface area contributed by atoms with Crippen molar-refractivity contribution >= 4 is 22.5 Å². The number of nitrogens with one attached hydrogen (secondary N) is 1. The topological polar surface area (TPSA) is 61.4 Å². The molecule has 4 aromatic rings. The first-order valence-electron chi connectivity index (χ1n) is 12.0. The van der Waals surface area contributed by atoms with E-state index in [9.17, 15) is 9.18 Å². The number of carbonyl (C=O) groups is 1. The first-order valence-corrected chi connectivity index (χ1v) is 12.0. The molecule has 0 spiro atoms. The van der Waals surface area contributed by atoms with E-state index in [2.05, 4.69) is 20.1 Å². The molecule has 2 aromatic carbocycles. The number of aromatic nitrogens is 2. The molecule has 1 amide bonds. The second-order valence-electron chi connectivity index (χ2n) is 8.70. The molecule has 6 nitrogen and oxygen atoms in total. The number of rotatable bonds is 7. The number of hydrogen-bond donors (Lipinski definition) is 1. The van der Waals surface area contributed by atoms with Crippen LogP contribution in [-0.2, 0) is 0 Å². The number of anilines is 1. The lowest BCUT2D eigenvalue weighted by Crippen LogP contribution is -2.47. The summed E-state index contributed by atoms with van der Waals surface area (Å²) in [5.74, 6) is -0.302. The Balaban J connectivity index is 1.16. The van der Waals surface area contributed by atoms with Crippen LogP contribution in [0, 0.1) is 5.82 Å². The van der Waals surface area contributed by atoms with Crippen LogP contribution < -0.4 is 10.2 Å². The number of amides is 1. The van der Waals surface area contributed by atoms with Gasteiger partial charge in [0.05, 0.1) is 22.5 Å². The summed E-state index contributed by atoms with van der Waals surface area (Å²) in [5.41, 5.74) is 3.89. The molecule has 0 saturated carbocycles. The van der Waals surface area contributed by atoms with Gasteiger partial charge >= 0.3 is 0 Å². The minimum atomic E-state index is -0.206. The zero-order valence-electron chi connectivity index (χ0n) is 19.5. The minimum absolute atomic E-state index is 0.0955. The summed E-state index contributed by atoms with van der Waals surface area (Å²) in [6.07, 6.45) is 2.60. The predicted octanol–water partition coefficient (Wildman–Crippen LogP) is 4.38. The molecule has 1 N–H and O–H groups in total. The Hall–Kier alpha value is -3.84. The van der Waals surface area contributed by atoms with Gasteiger partial charge in [-0.25, -0.2) is 9.37 Å². The smallest absolute Gasteiger partial charge is 0.252 e. The molecular formula is C28H28FN5O. The first-order chi connectivity index (χ1) is 17.2. The van der Waals surface area contributed by atoms with Crippen LogP contribution in [0.5, 0.6) is 0 Å². The fourth-order valence-corrected chi connectivity index (χ4v) is 4.49. The summed E-state index contributed by atoms with van der Waals surface area (Å²) in [6, 6.07) is 21.9. The van der Waals surface area contributed by atoms with E-state index in [1.165, 1.54) is 12.1 Å². The summed E-state index contributed by atoms with van der Waals surface area (Å²) >= 11 is 0. The second-order valence-corrected chi connectivity index (χ2v) is 8.70. The maximum absolute atomic E-state index is 13.2. The number of para-hydroxylation sites is 1. The van der Waals surface area contributed by atoms with E-state index < -0.39 is 0 Å². The van der Waals surface area contributed by atoms with Gasteiger partial charge in [-0.05, 0) is 61.5 Å². The summed E-state index contributed by atoms with van der Waals surface area (Å²) in [7, 11) is 0. The number of benzene rings is 2. The summed E-state index contributed by atoms with van der Waals surface area (Å²) in [5, 5.41) is 3.92. The molecule has 5 rings (SSSR count). The Morgan fingerprint density at radius 1 is 0.914 bits per heavy atom. The van der Waals surface area contributed by atoms with Crippen molar-refractivity contribution in [3.63, 3.8) is 0 Å². The van der Waals surface area contributed by atoms with Crippen LogP contribution in [0.1, 0.15) is 16.8 Å². The maximum Gasteiger partial charge on any atom is 0.252 e. The normalized spacial score (nSPS) is 14.3. The molecule has 0 radical (unpaired) electrons. The number of pyridine rings is 2. The van der Waals surface area contributed by atoms with Crippen molar-refractivity contribution in [3.05, 3.63) is 90.4 Å². The number of piperazine rings is 1. The van der Waals surface area contributed by atoms with E-state index in [4.69, 9.17) is 4.98 Å². The molecule has 178 valence electrons. The number of carbonyl (C=O) groups excluding carboxylic acids is 1. The SMILES string of the molecule is O=C(NCCCN1CCN(c2ccc(F)cc2)CC1)c1cc(-c2ccccn2)nc2ccccc12. The third-order valence-corrected chi connectivity index (χ3v) is 6.39. The molecular weight excluding hydrogens is 441 g/mol. The molecule has 0 atom stereocenters. The van der Waals surface area contributed by atoms with Crippen LogP contribution in [0.15, 0.2) is 79.0 Å². The van der Waals surface area contributed by atoms with Crippen molar-refractivity contribution in [1.29, 1.82) is 0 Å². The Labute approximate surface area is 204 Å². The van der Waals surface area contributed by atoms with Gasteiger partial charge in [0.15, 0.2) is 0 Å². The standard InChI is InChI=1S/C28H28FN5O/c29-21-9-11-22(12-10-21)34-18-16-33(17-19-34)15-5-14-31-28(35)24-20-27(26-8-3-4-13-30-26)32-25-7-2-1-6-23(24)25/h1-4,6-13,20H,5,14-19H2,(H,31,35). The Kier molecular flexibility index (Phi) is 6.95. The molecule has 1 aliphatic rings. The van der Waals surface area contributed by atoms with E-state index in [-0.39, 0.29) is 11.7 Å². The first kappa shape index (κ1) is 22.9. The van der Waals surface area contributed by atoms with Gasteiger partial charge in [-0.1, -0.05) is 24.3 Å². The Morgan fingerprint density at radius 3 is 2.46 bits per heavy atom. The molecule has 3 heterocycles. The highest BCUT2D eigenvalue weighted by Crippen LogP contribution is 2.23. The average Bonchev–Trinajstić information content (AvgIpc) is 2.91. The molecule has 1 aliphatic heterocycles. The van der Waals surface area contributed by atoms with Crippen LogP contribution >= 0.6 is 0 Å².